The molecule has 17 heavy (non-hydrogen) atoms. The number of esters is 1. The molecule has 0 radical (unpaired) electrons. The lowest BCUT2D eigenvalue weighted by atomic mass is 10.1. The number of hydrogen-bond acceptors (Lipinski definition) is 3. The summed E-state index contributed by atoms with van der Waals surface area (Å²) in [6, 6.07) is 9.79. The van der Waals surface area contributed by atoms with Crippen molar-refractivity contribution >= 4 is 5.97 Å². The molecular formula is C13H14N2O2. The summed E-state index contributed by atoms with van der Waals surface area (Å²) in [7, 11) is 1.35. The second-order valence-electron chi connectivity index (χ2n) is 3.71. The molecular weight excluding hydrogens is 216 g/mol. The normalized spacial score (nSPS) is 10.2. The molecule has 4 heteroatoms. The minimum absolute atomic E-state index is 0.363. The SMILES string of the molecule is CCc1ccc(-c2cc(C(=O)OC)[nH]n2)cc1. The third kappa shape index (κ3) is 2.36. The first-order chi connectivity index (χ1) is 8.24. The summed E-state index contributed by atoms with van der Waals surface area (Å²) < 4.78 is 4.61. The molecule has 0 saturated heterocycles. The summed E-state index contributed by atoms with van der Waals surface area (Å²) in [5.41, 5.74) is 3.36. The number of ether oxygens (including phenoxy) is 1. The summed E-state index contributed by atoms with van der Waals surface area (Å²) in [5, 5.41) is 6.74. The van der Waals surface area contributed by atoms with Gasteiger partial charge in [-0.15, -0.1) is 0 Å². The summed E-state index contributed by atoms with van der Waals surface area (Å²) in [4.78, 5) is 11.3. The van der Waals surface area contributed by atoms with Crippen LogP contribution in [-0.2, 0) is 11.2 Å². The first kappa shape index (κ1) is 11.4. The summed E-state index contributed by atoms with van der Waals surface area (Å²) in [6.45, 7) is 2.11. The van der Waals surface area contributed by atoms with E-state index in [1.807, 2.05) is 12.1 Å². The zero-order valence-electron chi connectivity index (χ0n) is 9.86. The molecule has 0 amide bonds. The van der Waals surface area contributed by atoms with Gasteiger partial charge < -0.3 is 4.74 Å². The standard InChI is InChI=1S/C13H14N2O2/c1-3-9-4-6-10(7-5-9)11-8-12(15-14-11)13(16)17-2/h4-8H,3H2,1-2H3,(H,14,15). The van der Waals surface area contributed by atoms with Gasteiger partial charge in [0.1, 0.15) is 5.69 Å². The lowest BCUT2D eigenvalue weighted by molar-refractivity contribution is 0.0594. The third-order valence-corrected chi connectivity index (χ3v) is 2.64. The Bertz CT molecular complexity index is 514. The van der Waals surface area contributed by atoms with Gasteiger partial charge in [-0.05, 0) is 18.1 Å². The smallest absolute Gasteiger partial charge is 0.356 e. The first-order valence-electron chi connectivity index (χ1n) is 5.47. The molecule has 2 rings (SSSR count). The van der Waals surface area contributed by atoms with E-state index in [-0.39, 0.29) is 0 Å². The fourth-order valence-corrected chi connectivity index (χ4v) is 1.60. The highest BCUT2D eigenvalue weighted by Gasteiger charge is 2.10. The predicted octanol–water partition coefficient (Wildman–Crippen LogP) is 2.43. The molecule has 1 heterocycles. The van der Waals surface area contributed by atoms with Crippen LogP contribution in [-0.4, -0.2) is 23.3 Å². The van der Waals surface area contributed by atoms with Crippen molar-refractivity contribution in [3.63, 3.8) is 0 Å². The number of methoxy groups -OCH3 is 1. The van der Waals surface area contributed by atoms with Gasteiger partial charge in [-0.25, -0.2) is 4.79 Å². The van der Waals surface area contributed by atoms with Crippen LogP contribution in [0.2, 0.25) is 0 Å². The number of rotatable bonds is 3. The van der Waals surface area contributed by atoms with Gasteiger partial charge in [-0.2, -0.15) is 5.10 Å². The van der Waals surface area contributed by atoms with Crippen molar-refractivity contribution in [2.75, 3.05) is 7.11 Å². The molecule has 0 unspecified atom stereocenters. The molecule has 2 aromatic rings. The maximum Gasteiger partial charge on any atom is 0.356 e. The van der Waals surface area contributed by atoms with Crippen LogP contribution in [0.1, 0.15) is 23.0 Å². The van der Waals surface area contributed by atoms with Crippen LogP contribution in [0, 0.1) is 0 Å². The molecule has 88 valence electrons. The van der Waals surface area contributed by atoms with Crippen LogP contribution in [0.25, 0.3) is 11.3 Å². The molecule has 4 nitrogen and oxygen atoms in total. The minimum Gasteiger partial charge on any atom is -0.464 e. The number of carbonyl (C=O) groups excluding carboxylic acids is 1. The summed E-state index contributed by atoms with van der Waals surface area (Å²) in [6.07, 6.45) is 1.01. The van der Waals surface area contributed by atoms with Crippen molar-refractivity contribution in [2.45, 2.75) is 13.3 Å². The van der Waals surface area contributed by atoms with Gasteiger partial charge in [-0.1, -0.05) is 31.2 Å². The summed E-state index contributed by atoms with van der Waals surface area (Å²) >= 11 is 0. The second-order valence-corrected chi connectivity index (χ2v) is 3.71. The van der Waals surface area contributed by atoms with Crippen molar-refractivity contribution in [3.8, 4) is 11.3 Å². The van der Waals surface area contributed by atoms with E-state index in [2.05, 4.69) is 34.0 Å². The van der Waals surface area contributed by atoms with Gasteiger partial charge >= 0.3 is 5.97 Å². The Hall–Kier alpha value is -2.10. The maximum atomic E-state index is 11.3. The number of benzene rings is 1. The van der Waals surface area contributed by atoms with E-state index in [9.17, 15) is 4.79 Å². The monoisotopic (exact) mass is 230 g/mol. The predicted molar refractivity (Wildman–Crippen MR) is 64.7 cm³/mol. The molecule has 0 aliphatic rings. The molecule has 0 aliphatic carbocycles. The molecule has 0 spiro atoms. The number of H-pyrrole nitrogens is 1. The number of aromatic nitrogens is 2. The highest BCUT2D eigenvalue weighted by molar-refractivity contribution is 5.88. The fourth-order valence-electron chi connectivity index (χ4n) is 1.60. The Balaban J connectivity index is 2.27. The Morgan fingerprint density at radius 2 is 2.06 bits per heavy atom. The Morgan fingerprint density at radius 1 is 1.35 bits per heavy atom. The van der Waals surface area contributed by atoms with E-state index >= 15 is 0 Å². The fraction of sp³-hybridized carbons (Fsp3) is 0.231. The molecule has 0 aliphatic heterocycles. The molecule has 1 aromatic heterocycles. The van der Waals surface area contributed by atoms with E-state index in [4.69, 9.17) is 0 Å². The van der Waals surface area contributed by atoms with Crippen molar-refractivity contribution in [2.24, 2.45) is 0 Å². The maximum absolute atomic E-state index is 11.3. The average Bonchev–Trinajstić information content (AvgIpc) is 2.87. The highest BCUT2D eigenvalue weighted by Crippen LogP contribution is 2.18. The number of nitrogens with zero attached hydrogens (tertiary/aromatic N) is 1. The lowest BCUT2D eigenvalue weighted by Gasteiger charge is -1.98. The van der Waals surface area contributed by atoms with E-state index in [1.54, 1.807) is 6.07 Å². The van der Waals surface area contributed by atoms with E-state index in [0.29, 0.717) is 5.69 Å². The van der Waals surface area contributed by atoms with Gasteiger partial charge in [0.05, 0.1) is 12.8 Å². The van der Waals surface area contributed by atoms with Crippen molar-refractivity contribution in [3.05, 3.63) is 41.6 Å². The molecule has 1 aromatic carbocycles. The lowest BCUT2D eigenvalue weighted by Crippen LogP contribution is -2.00. The average molecular weight is 230 g/mol. The molecule has 0 atom stereocenters. The first-order valence-corrected chi connectivity index (χ1v) is 5.47. The van der Waals surface area contributed by atoms with Crippen LogP contribution in [0.4, 0.5) is 0 Å². The van der Waals surface area contributed by atoms with Crippen molar-refractivity contribution < 1.29 is 9.53 Å². The van der Waals surface area contributed by atoms with Crippen molar-refractivity contribution in [1.82, 2.24) is 10.2 Å². The van der Waals surface area contributed by atoms with Crippen LogP contribution in [0.3, 0.4) is 0 Å². The number of aryl methyl sites for hydroxylation is 1. The van der Waals surface area contributed by atoms with E-state index < -0.39 is 5.97 Å². The molecule has 0 bridgehead atoms. The van der Waals surface area contributed by atoms with E-state index in [0.717, 1.165) is 17.7 Å². The largest absolute Gasteiger partial charge is 0.464 e. The number of hydrogen-bond donors (Lipinski definition) is 1. The zero-order chi connectivity index (χ0) is 12.3. The van der Waals surface area contributed by atoms with E-state index in [1.165, 1.54) is 12.7 Å². The number of carbonyl (C=O) groups is 1. The van der Waals surface area contributed by atoms with Gasteiger partial charge in [0.15, 0.2) is 0 Å². The topological polar surface area (TPSA) is 55.0 Å². The van der Waals surface area contributed by atoms with Crippen LogP contribution in [0.15, 0.2) is 30.3 Å². The third-order valence-electron chi connectivity index (χ3n) is 2.64. The van der Waals surface area contributed by atoms with Gasteiger partial charge in [0, 0.05) is 5.56 Å². The molecule has 1 N–H and O–H groups in total. The Labute approximate surface area is 99.6 Å². The van der Waals surface area contributed by atoms with Crippen LogP contribution >= 0.6 is 0 Å². The zero-order valence-corrected chi connectivity index (χ0v) is 9.86. The number of nitrogens with one attached hydrogen (secondary N) is 1. The van der Waals surface area contributed by atoms with Crippen LogP contribution < -0.4 is 0 Å². The summed E-state index contributed by atoms with van der Waals surface area (Å²) in [5.74, 6) is -0.408. The Morgan fingerprint density at radius 3 is 2.65 bits per heavy atom. The van der Waals surface area contributed by atoms with Gasteiger partial charge in [0.2, 0.25) is 0 Å². The highest BCUT2D eigenvalue weighted by atomic mass is 16.5. The molecule has 0 saturated carbocycles. The van der Waals surface area contributed by atoms with Crippen LogP contribution in [0.5, 0.6) is 0 Å². The molecule has 0 fully saturated rings. The van der Waals surface area contributed by atoms with Gasteiger partial charge in [0.25, 0.3) is 0 Å². The number of aromatic amines is 1. The Kier molecular flexibility index (Phi) is 3.23. The quantitative estimate of drug-likeness (QED) is 0.824. The minimum atomic E-state index is -0.408. The second kappa shape index (κ2) is 4.82. The van der Waals surface area contributed by atoms with Crippen molar-refractivity contribution in [1.29, 1.82) is 0 Å². The van der Waals surface area contributed by atoms with Gasteiger partial charge in [-0.3, -0.25) is 5.10 Å².